The summed E-state index contributed by atoms with van der Waals surface area (Å²) >= 11 is 0. The zero-order chi connectivity index (χ0) is 20.6. The van der Waals surface area contributed by atoms with Crippen LogP contribution in [-0.4, -0.2) is 32.8 Å². The molecule has 2 aliphatic carbocycles. The van der Waals surface area contributed by atoms with Gasteiger partial charge in [0.1, 0.15) is 29.3 Å². The molecule has 1 saturated heterocycles. The van der Waals surface area contributed by atoms with Gasteiger partial charge in [0.2, 0.25) is 6.41 Å². The van der Waals surface area contributed by atoms with E-state index in [-0.39, 0.29) is 11.3 Å². The average molecular weight is 396 g/mol. The Balaban J connectivity index is 1.60. The summed E-state index contributed by atoms with van der Waals surface area (Å²) in [5, 5.41) is 6.30. The summed E-state index contributed by atoms with van der Waals surface area (Å²) in [7, 11) is 0. The predicted octanol–water partition coefficient (Wildman–Crippen LogP) is 2.68. The number of hydrogen-bond donors (Lipinski definition) is 3. The molecule has 1 aromatic heterocycles. The highest BCUT2D eigenvalue weighted by Crippen LogP contribution is 2.56. The number of carbonyl (C=O) groups is 2. The lowest BCUT2D eigenvalue weighted by molar-refractivity contribution is -0.121. The molecule has 2 saturated carbocycles. The van der Waals surface area contributed by atoms with Crippen molar-refractivity contribution in [1.29, 1.82) is 0 Å². The second-order valence-corrected chi connectivity index (χ2v) is 8.66. The Bertz CT molecular complexity index is 902. The van der Waals surface area contributed by atoms with Crippen molar-refractivity contribution in [2.75, 3.05) is 11.1 Å². The summed E-state index contributed by atoms with van der Waals surface area (Å²) in [5.74, 6) is 0.763. The molecule has 4 rings (SSSR count). The molecule has 4 N–H and O–H groups in total. The molecule has 2 heterocycles. The van der Waals surface area contributed by atoms with Crippen LogP contribution in [-0.2, 0) is 9.59 Å². The van der Waals surface area contributed by atoms with E-state index in [1.165, 1.54) is 32.0 Å². The molecule has 29 heavy (non-hydrogen) atoms. The monoisotopic (exact) mass is 396 g/mol. The van der Waals surface area contributed by atoms with E-state index in [1.54, 1.807) is 11.0 Å². The fraction of sp³-hybridized carbons (Fsp3) is 0.524. The molecule has 8 nitrogen and oxygen atoms in total. The molecule has 0 bridgehead atoms. The van der Waals surface area contributed by atoms with Crippen LogP contribution in [0.15, 0.2) is 35.4 Å². The van der Waals surface area contributed by atoms with Gasteiger partial charge in [0, 0.05) is 11.8 Å². The number of allylic oxidation sites excluding steroid dienone is 3. The first-order valence-corrected chi connectivity index (χ1v) is 10.2. The van der Waals surface area contributed by atoms with Crippen LogP contribution in [0.4, 0.5) is 11.6 Å². The summed E-state index contributed by atoms with van der Waals surface area (Å²) < 4.78 is 0. The Kier molecular flexibility index (Phi) is 4.80. The lowest BCUT2D eigenvalue weighted by Crippen LogP contribution is -2.49. The van der Waals surface area contributed by atoms with E-state index in [2.05, 4.69) is 20.6 Å². The minimum atomic E-state index is -0.573. The highest BCUT2D eigenvalue weighted by molar-refractivity contribution is 5.99. The minimum absolute atomic E-state index is 0.181. The number of anilines is 2. The zero-order valence-electron chi connectivity index (χ0n) is 17.0. The maximum atomic E-state index is 12.9. The highest BCUT2D eigenvalue weighted by atomic mass is 16.2. The normalized spacial score (nSPS) is 27.6. The van der Waals surface area contributed by atoms with Gasteiger partial charge in [0.15, 0.2) is 0 Å². The van der Waals surface area contributed by atoms with Crippen LogP contribution >= 0.6 is 0 Å². The minimum Gasteiger partial charge on any atom is -0.384 e. The number of nitrogen functional groups attached to an aromatic ring is 1. The quantitative estimate of drug-likeness (QED) is 0.533. The molecule has 0 aromatic carbocycles. The lowest BCUT2D eigenvalue weighted by Gasteiger charge is -2.33. The number of nitrogens with two attached hydrogens (primary N) is 1. The highest BCUT2D eigenvalue weighted by Gasteiger charge is 2.57. The van der Waals surface area contributed by atoms with Gasteiger partial charge in [-0.2, -0.15) is 0 Å². The van der Waals surface area contributed by atoms with Gasteiger partial charge < -0.3 is 16.4 Å². The topological polar surface area (TPSA) is 113 Å². The van der Waals surface area contributed by atoms with Crippen molar-refractivity contribution in [3.63, 3.8) is 0 Å². The van der Waals surface area contributed by atoms with Crippen LogP contribution < -0.4 is 16.4 Å². The van der Waals surface area contributed by atoms with Gasteiger partial charge in [-0.05, 0) is 63.0 Å². The van der Waals surface area contributed by atoms with E-state index < -0.39 is 5.66 Å². The Hall–Kier alpha value is -2.90. The van der Waals surface area contributed by atoms with Crippen LogP contribution in [0, 0.1) is 5.41 Å². The summed E-state index contributed by atoms with van der Waals surface area (Å²) in [6.07, 6.45) is 11.7. The van der Waals surface area contributed by atoms with Crippen molar-refractivity contribution in [2.24, 2.45) is 5.41 Å². The predicted molar refractivity (Wildman–Crippen MR) is 110 cm³/mol. The van der Waals surface area contributed by atoms with Crippen molar-refractivity contribution in [3.05, 3.63) is 35.4 Å². The van der Waals surface area contributed by atoms with E-state index in [0.717, 1.165) is 36.9 Å². The third kappa shape index (κ3) is 3.47. The standard InChI is InChI=1S/C21H28N6O2/c1-14(9-15(2)25-17-10-16(22)23-12-24-17)18-19(29)26-21(27(18)13-28)8-7-20(11-21)5-3-4-6-20/h9-10,12-13H,3-8,11H2,1-2H3,(H,26,29)(H3,22,23,24,25)/b15-9+,18-14-. The largest absolute Gasteiger partial charge is 0.384 e. The molecule has 1 atom stereocenters. The molecule has 2 amide bonds. The van der Waals surface area contributed by atoms with Gasteiger partial charge in [-0.3, -0.25) is 14.5 Å². The van der Waals surface area contributed by atoms with Crippen LogP contribution in [0.1, 0.15) is 58.8 Å². The second-order valence-electron chi connectivity index (χ2n) is 8.66. The molecule has 3 aliphatic rings. The second kappa shape index (κ2) is 7.17. The number of hydrogen-bond acceptors (Lipinski definition) is 6. The number of rotatable bonds is 4. The molecule has 154 valence electrons. The van der Waals surface area contributed by atoms with Crippen molar-refractivity contribution in [3.8, 4) is 0 Å². The summed E-state index contributed by atoms with van der Waals surface area (Å²) in [5.41, 5.74) is 7.33. The van der Waals surface area contributed by atoms with Gasteiger partial charge >= 0.3 is 0 Å². The van der Waals surface area contributed by atoms with E-state index >= 15 is 0 Å². The lowest BCUT2D eigenvalue weighted by atomic mass is 9.83. The van der Waals surface area contributed by atoms with E-state index in [9.17, 15) is 9.59 Å². The molecular formula is C21H28N6O2. The van der Waals surface area contributed by atoms with Crippen LogP contribution in [0.3, 0.4) is 0 Å². The molecule has 1 aromatic rings. The molecule has 1 unspecified atom stereocenters. The SMILES string of the molecule is CC(/C=C(\C)Nc1cc(N)ncn1)=C1\C(=O)NC2(CCC3(CCCC3)C2)N1C=O. The molecule has 2 spiro atoms. The van der Waals surface area contributed by atoms with Gasteiger partial charge in [-0.1, -0.05) is 12.8 Å². The number of nitrogens with zero attached hydrogens (tertiary/aromatic N) is 3. The van der Waals surface area contributed by atoms with Gasteiger partial charge in [0.25, 0.3) is 5.91 Å². The van der Waals surface area contributed by atoms with Gasteiger partial charge in [-0.15, -0.1) is 0 Å². The third-order valence-electron chi connectivity index (χ3n) is 6.59. The first-order valence-electron chi connectivity index (χ1n) is 10.2. The van der Waals surface area contributed by atoms with Crippen LogP contribution in [0.25, 0.3) is 0 Å². The maximum Gasteiger partial charge on any atom is 0.270 e. The van der Waals surface area contributed by atoms with Crippen molar-refractivity contribution >= 4 is 24.0 Å². The Morgan fingerprint density at radius 1 is 1.24 bits per heavy atom. The first-order chi connectivity index (χ1) is 13.9. The average Bonchev–Trinajstić information content (AvgIpc) is 3.33. The molecule has 0 radical (unpaired) electrons. The molecule has 8 heteroatoms. The fourth-order valence-electron chi connectivity index (χ4n) is 5.38. The van der Waals surface area contributed by atoms with E-state index in [1.807, 2.05) is 19.9 Å². The van der Waals surface area contributed by atoms with Gasteiger partial charge in [-0.25, -0.2) is 9.97 Å². The Labute approximate surface area is 170 Å². The van der Waals surface area contributed by atoms with Crippen molar-refractivity contribution in [1.82, 2.24) is 20.2 Å². The number of carbonyl (C=O) groups excluding carboxylic acids is 2. The Morgan fingerprint density at radius 3 is 2.69 bits per heavy atom. The third-order valence-corrected chi connectivity index (χ3v) is 6.59. The number of nitrogens with one attached hydrogen (secondary N) is 2. The Morgan fingerprint density at radius 2 is 2.00 bits per heavy atom. The first kappa shape index (κ1) is 19.4. The van der Waals surface area contributed by atoms with E-state index in [0.29, 0.717) is 17.3 Å². The smallest absolute Gasteiger partial charge is 0.270 e. The van der Waals surface area contributed by atoms with Gasteiger partial charge in [0.05, 0.1) is 0 Å². The van der Waals surface area contributed by atoms with Crippen molar-refractivity contribution in [2.45, 2.75) is 64.5 Å². The van der Waals surface area contributed by atoms with Crippen molar-refractivity contribution < 1.29 is 9.59 Å². The number of amides is 2. The summed E-state index contributed by atoms with van der Waals surface area (Å²) in [6.45, 7) is 3.73. The molecular weight excluding hydrogens is 368 g/mol. The molecule has 3 fully saturated rings. The van der Waals surface area contributed by atoms with E-state index in [4.69, 9.17) is 5.73 Å². The fourth-order valence-corrected chi connectivity index (χ4v) is 5.38. The molecule has 1 aliphatic heterocycles. The zero-order valence-corrected chi connectivity index (χ0v) is 17.0. The number of aromatic nitrogens is 2. The van der Waals surface area contributed by atoms with Crippen LogP contribution in [0.2, 0.25) is 0 Å². The van der Waals surface area contributed by atoms with Crippen LogP contribution in [0.5, 0.6) is 0 Å². The maximum absolute atomic E-state index is 12.9. The summed E-state index contributed by atoms with van der Waals surface area (Å²) in [4.78, 5) is 34.6. The summed E-state index contributed by atoms with van der Waals surface area (Å²) in [6, 6.07) is 1.63.